The molecule has 0 radical (unpaired) electrons. The first kappa shape index (κ1) is 98.3. The van der Waals surface area contributed by atoms with Crippen LogP contribution in [0.3, 0.4) is 0 Å². The van der Waals surface area contributed by atoms with E-state index in [2.05, 4.69) is 204 Å². The number of H-pyrrole nitrogens is 5. The van der Waals surface area contributed by atoms with Crippen molar-refractivity contribution in [1.29, 1.82) is 0 Å². The average Bonchev–Trinajstić information content (AvgIpc) is 0.866. The van der Waals surface area contributed by atoms with Crippen LogP contribution in [0.4, 0.5) is 0 Å². The smallest absolute Gasteiger partial charge is 0.349 e. The molecule has 14 heterocycles. The van der Waals surface area contributed by atoms with E-state index in [-0.39, 0.29) is 34.5 Å². The summed E-state index contributed by atoms with van der Waals surface area (Å²) in [6, 6.07) is 55.0. The van der Waals surface area contributed by atoms with Crippen molar-refractivity contribution in [2.24, 2.45) is 0 Å². The first-order valence-corrected chi connectivity index (χ1v) is 49.6. The number of nitrogens with one attached hydrogen (secondary N) is 6. The number of imidazole rings is 1. The van der Waals surface area contributed by atoms with Crippen molar-refractivity contribution >= 4 is 55.2 Å². The number of hydrogen-bond donors (Lipinski definition) is 6. The molecule has 2 fully saturated rings. The number of benzene rings is 8. The number of piperidine rings is 1. The Bertz CT molecular complexity index is 8570. The minimum absolute atomic E-state index is 0.183. The van der Waals surface area contributed by atoms with Crippen molar-refractivity contribution in [2.45, 2.75) is 204 Å². The third-order valence-corrected chi connectivity index (χ3v) is 28.6. The summed E-state index contributed by atoms with van der Waals surface area (Å²) in [5.41, 5.74) is 20.0. The highest BCUT2D eigenvalue weighted by atomic mass is 16.2. The van der Waals surface area contributed by atoms with Crippen LogP contribution in [-0.4, -0.2) is 160 Å². The lowest BCUT2D eigenvalue weighted by atomic mass is 9.88. The molecule has 744 valence electrons. The Morgan fingerprint density at radius 2 is 0.712 bits per heavy atom. The van der Waals surface area contributed by atoms with E-state index in [0.29, 0.717) is 86.0 Å². The summed E-state index contributed by atoms with van der Waals surface area (Å²) in [6.45, 7) is 29.5. The van der Waals surface area contributed by atoms with Gasteiger partial charge in [-0.25, -0.2) is 53.9 Å². The molecule has 8 aromatic carbocycles. The van der Waals surface area contributed by atoms with Gasteiger partial charge in [0.15, 0.2) is 57.6 Å². The van der Waals surface area contributed by atoms with E-state index in [0.717, 1.165) is 202 Å². The van der Waals surface area contributed by atoms with Gasteiger partial charge in [-0.2, -0.15) is 24.9 Å². The Labute approximate surface area is 835 Å². The molecule has 12 aliphatic heterocycles. The van der Waals surface area contributed by atoms with E-state index in [1.54, 1.807) is 12.5 Å². The number of fused-ring (bicyclic) bond motifs is 11. The maximum Gasteiger partial charge on any atom is 0.349 e. The quantitative estimate of drug-likeness (QED) is 0.0386. The summed E-state index contributed by atoms with van der Waals surface area (Å²) < 4.78 is 13.9. The van der Waals surface area contributed by atoms with Gasteiger partial charge in [0.05, 0.1) is 61.5 Å². The maximum absolute atomic E-state index is 12.6. The maximum atomic E-state index is 12.6. The predicted octanol–water partition coefficient (Wildman–Crippen LogP) is 12.2. The molecule has 0 amide bonds. The van der Waals surface area contributed by atoms with Gasteiger partial charge in [-0.15, -0.1) is 0 Å². The van der Waals surface area contributed by atoms with Crippen LogP contribution in [0.25, 0.3) is 113 Å². The van der Waals surface area contributed by atoms with Crippen molar-refractivity contribution < 1.29 is 0 Å². The first-order valence-electron chi connectivity index (χ1n) is 49.6. The van der Waals surface area contributed by atoms with Crippen LogP contribution in [0.5, 0.6) is 0 Å². The molecule has 36 nitrogen and oxygen atoms in total. The Morgan fingerprint density at radius 3 is 1.14 bits per heavy atom. The number of likely N-dealkylation sites (tertiary alicyclic amines) is 2. The lowest BCUT2D eigenvalue weighted by Crippen LogP contribution is -2.42. The monoisotopic (exact) mass is 1960 g/mol. The lowest BCUT2D eigenvalue weighted by Gasteiger charge is -2.37. The second-order valence-corrected chi connectivity index (χ2v) is 38.4. The number of rotatable bonds is 20. The van der Waals surface area contributed by atoms with Crippen LogP contribution in [0, 0.1) is 69.2 Å². The van der Waals surface area contributed by atoms with E-state index in [9.17, 15) is 47.9 Å². The van der Waals surface area contributed by atoms with Crippen LogP contribution < -0.4 is 61.6 Å². The Morgan fingerprint density at radius 1 is 0.336 bits per heavy atom. The van der Waals surface area contributed by atoms with Gasteiger partial charge in [-0.1, -0.05) is 91.3 Å². The van der Waals surface area contributed by atoms with E-state index in [1.807, 2.05) is 168 Å². The van der Waals surface area contributed by atoms with Crippen LogP contribution in [0.2, 0.25) is 0 Å². The number of aryl methyl sites for hydroxylation is 15. The van der Waals surface area contributed by atoms with Crippen LogP contribution in [-0.2, 0) is 65.2 Å². The van der Waals surface area contributed by atoms with Crippen molar-refractivity contribution in [1.82, 2.24) is 127 Å². The molecule has 2 saturated heterocycles. The summed E-state index contributed by atoms with van der Waals surface area (Å²) >= 11 is 0. The normalized spacial score (nSPS) is 14.9. The van der Waals surface area contributed by atoms with Crippen molar-refractivity contribution in [3.05, 3.63) is 371 Å². The van der Waals surface area contributed by atoms with Gasteiger partial charge in [0.1, 0.15) is 0 Å². The topological polar surface area (TPSA) is 444 Å². The molecule has 0 spiro atoms. The SMILES string of the molecule is Cc1cc2nc3c(=O)[nH]c(=O)nc-3n(CC3CCCCN3Cc3ccccc3)c2cc1C.Cc1cc2nc3c(=O)[nH]c(=O)nc-3n(CCCn3cccc3)c2cc1C.Cc1cc2nc3c(=O)[nH]c(=O)nc-3n(CCCn3ccnc3)c2cc1C.Cc1cc2nc3c(=O)[nH]c(=O)nc-3n(CCN3CCCC3c3ccccc3)c2cc1C.Cc1cc2nc3c(=O)[nH]c(=O)nc-3n(CCNC3CCc4ccccc4C3)c2cc1C. The van der Waals surface area contributed by atoms with Crippen LogP contribution in [0.1, 0.15) is 135 Å². The van der Waals surface area contributed by atoms with E-state index >= 15 is 0 Å². The van der Waals surface area contributed by atoms with Crippen LogP contribution >= 0.6 is 0 Å². The summed E-state index contributed by atoms with van der Waals surface area (Å²) in [7, 11) is 0. The highest BCUT2D eigenvalue weighted by molar-refractivity contribution is 5.85. The Balaban J connectivity index is 0.000000115. The Hall–Kier alpha value is -16.5. The molecule has 6 N–H and O–H groups in total. The second-order valence-electron chi connectivity index (χ2n) is 38.4. The fraction of sp³-hybridized carbons (Fsp3) is 0.318. The average molecular weight is 1960 g/mol. The summed E-state index contributed by atoms with van der Waals surface area (Å²) in [5.74, 6) is 1.70. The molecule has 2 aromatic heterocycles. The first-order chi connectivity index (χ1) is 70.5. The molecule has 146 heavy (non-hydrogen) atoms. The number of aromatic nitrogens is 23. The fourth-order valence-electron chi connectivity index (χ4n) is 20.2. The summed E-state index contributed by atoms with van der Waals surface area (Å²) in [5, 5.41) is 3.66. The zero-order valence-corrected chi connectivity index (χ0v) is 83.2. The van der Waals surface area contributed by atoms with Gasteiger partial charge in [0.25, 0.3) is 27.8 Å². The van der Waals surface area contributed by atoms with E-state index in [1.165, 1.54) is 28.7 Å². The largest absolute Gasteiger partial charge is 0.354 e. The fourth-order valence-corrected chi connectivity index (χ4v) is 20.2. The second kappa shape index (κ2) is 42.6. The molecular weight excluding hydrogens is 1850 g/mol. The molecular formula is C110H114N26O10. The third kappa shape index (κ3) is 21.3. The standard InChI is InChI=1S/C25H27N5O2.2C24H25N5O2.C19H19N5O2.C18H18N6O2/c1-16-12-20-21(13-17(16)2)30(23-22(26-20)24(31)28-25(32)27-23)15-19-10-6-7-11-29(19)14-18-8-4-3-5-9-18;1-15-13-18-20(14-16(15)2)29(22-21(25-18)23(30)27-24(31)26-22)12-11-28-10-6-9-19(28)17-7-4-3-5-8-17;1-14-11-19-20(12-15(14)2)29(22-21(26-19)23(30)28-24(31)27-22)10-9-25-18-8-7-16-5-3-4-6-17(16)13-18;1-12-10-14-15(11-13(12)2)24(9-5-8-23-6-3-4-7-23)17-16(20-14)18(25)22-19(26)21-17;1-11-8-13-14(9-12(11)2)24(6-3-5-23-7-4-19-10-23)16-15(20-13)17(25)22-18(26)21-16/h3-5,8-9,12-13,19H,6-7,10-11,14-15H2,1-2H3,(H,28,31,32);3-5,7-8,13-14,19H,6,9-12H2,1-2H3,(H,27,30,31);3-6,11-12,18,25H,7-10,13H2,1-2H3,(H,28,30,31);3-4,6-7,10-11H,5,8-9H2,1-2H3,(H,22,25,26);4,7-10H,3,5-6H2,1-2H3,(H,22,25,26). The molecule has 13 aliphatic rings. The van der Waals surface area contributed by atoms with E-state index < -0.39 is 56.2 Å². The molecule has 36 heteroatoms. The highest BCUT2D eigenvalue weighted by Gasteiger charge is 2.32. The third-order valence-electron chi connectivity index (χ3n) is 28.6. The molecule has 0 bridgehead atoms. The minimum atomic E-state index is -0.657. The highest BCUT2D eigenvalue weighted by Crippen LogP contribution is 2.36. The van der Waals surface area contributed by atoms with Gasteiger partial charge in [0.2, 0.25) is 0 Å². The molecule has 1 aliphatic carbocycles. The summed E-state index contributed by atoms with van der Waals surface area (Å²) in [4.78, 5) is 185. The van der Waals surface area contributed by atoms with Crippen LogP contribution in [0.15, 0.2) is 237 Å². The molecule has 3 unspecified atom stereocenters. The van der Waals surface area contributed by atoms with Crippen molar-refractivity contribution in [3.63, 3.8) is 0 Å². The van der Waals surface area contributed by atoms with Gasteiger partial charge >= 0.3 is 28.4 Å². The summed E-state index contributed by atoms with van der Waals surface area (Å²) in [6.07, 6.45) is 19.9. The van der Waals surface area contributed by atoms with Gasteiger partial charge in [-0.3, -0.25) is 58.7 Å². The number of aromatic amines is 5. The predicted molar refractivity (Wildman–Crippen MR) is 563 cm³/mol. The number of hydrogen-bond acceptors (Lipinski definition) is 24. The van der Waals surface area contributed by atoms with Crippen molar-refractivity contribution in [2.75, 3.05) is 26.2 Å². The zero-order valence-electron chi connectivity index (χ0n) is 83.2. The molecule has 10 aromatic rings. The van der Waals surface area contributed by atoms with E-state index in [4.69, 9.17) is 0 Å². The minimum Gasteiger partial charge on any atom is -0.354 e. The van der Waals surface area contributed by atoms with Gasteiger partial charge < -0.3 is 37.3 Å². The molecule has 23 rings (SSSR count). The molecule has 0 saturated carbocycles. The lowest BCUT2D eigenvalue weighted by molar-refractivity contribution is 0.126. The van der Waals surface area contributed by atoms with Gasteiger partial charge in [-0.05, 0) is 291 Å². The Kier molecular flexibility index (Phi) is 28.7. The zero-order chi connectivity index (χ0) is 102. The van der Waals surface area contributed by atoms with Crippen molar-refractivity contribution in [3.8, 4) is 57.6 Å². The number of nitrogens with zero attached hydrogens (tertiary/aromatic N) is 20. The molecule has 3 atom stereocenters. The van der Waals surface area contributed by atoms with Gasteiger partial charge in [0, 0.05) is 108 Å².